The highest BCUT2D eigenvalue weighted by Crippen LogP contribution is 2.48. The van der Waals surface area contributed by atoms with Crippen LogP contribution in [0, 0.1) is 11.3 Å². The zero-order valence-electron chi connectivity index (χ0n) is 22.9. The Morgan fingerprint density at radius 3 is 2.79 bits per heavy atom. The van der Waals surface area contributed by atoms with E-state index in [0.717, 1.165) is 87.8 Å². The Hall–Kier alpha value is -3.27. The molecule has 39 heavy (non-hydrogen) atoms. The summed E-state index contributed by atoms with van der Waals surface area (Å²) in [5, 5.41) is 18.3. The molecule has 0 unspecified atom stereocenters. The molecule has 0 spiro atoms. The molecule has 0 bridgehead atoms. The zero-order chi connectivity index (χ0) is 27.1. The number of likely N-dealkylation sites (N-methyl/N-ethyl adjacent to an activating group) is 1. The normalized spacial score (nSPS) is 24.3. The highest BCUT2D eigenvalue weighted by atomic mass is 32.1. The van der Waals surface area contributed by atoms with Crippen molar-refractivity contribution in [1.82, 2.24) is 30.3 Å². The summed E-state index contributed by atoms with van der Waals surface area (Å²) in [5.74, 6) is 2.54. The maximum absolute atomic E-state index is 9.87. The second-order valence-electron chi connectivity index (χ2n) is 11.2. The number of nitrogens with zero attached hydrogens (tertiary/aromatic N) is 8. The second kappa shape index (κ2) is 10.4. The topological polar surface area (TPSA) is 136 Å². The minimum Gasteiger partial charge on any atom is -0.389 e. The van der Waals surface area contributed by atoms with Gasteiger partial charge >= 0.3 is 0 Å². The molecule has 0 aromatic carbocycles. The Bertz CT molecular complexity index is 1390. The van der Waals surface area contributed by atoms with Crippen LogP contribution in [0.15, 0.2) is 10.6 Å². The fraction of sp³-hybridized carbons (Fsp3) is 0.593. The number of anilines is 3. The highest BCUT2D eigenvalue weighted by molar-refractivity contribution is 7.16. The van der Waals surface area contributed by atoms with Crippen LogP contribution in [-0.2, 0) is 11.8 Å². The number of hydrogen-bond donors (Lipinski definition) is 2. The van der Waals surface area contributed by atoms with Gasteiger partial charge in [0, 0.05) is 61.8 Å². The van der Waals surface area contributed by atoms with Crippen LogP contribution in [0.5, 0.6) is 0 Å². The van der Waals surface area contributed by atoms with Crippen molar-refractivity contribution < 1.29 is 4.52 Å². The van der Waals surface area contributed by atoms with Crippen LogP contribution in [0.1, 0.15) is 55.0 Å². The molecule has 6 rings (SSSR count). The predicted octanol–water partition coefficient (Wildman–Crippen LogP) is 2.62. The van der Waals surface area contributed by atoms with Crippen molar-refractivity contribution in [3.05, 3.63) is 28.0 Å². The van der Waals surface area contributed by atoms with Crippen molar-refractivity contribution in [3.8, 4) is 17.6 Å². The molecular formula is C27H36N10OS. The molecule has 5 heterocycles. The molecule has 3 aromatic rings. The van der Waals surface area contributed by atoms with Gasteiger partial charge < -0.3 is 30.3 Å². The molecule has 11 nitrogen and oxygen atoms in total. The third-order valence-corrected chi connectivity index (χ3v) is 9.40. The molecule has 206 valence electrons. The molecule has 3 aliphatic rings. The molecule has 12 heteroatoms. The number of nitriles is 1. The quantitative estimate of drug-likeness (QED) is 0.498. The van der Waals surface area contributed by atoms with Gasteiger partial charge in [-0.25, -0.2) is 4.98 Å². The van der Waals surface area contributed by atoms with E-state index in [0.29, 0.717) is 33.9 Å². The highest BCUT2D eigenvalue weighted by Gasteiger charge is 2.43. The summed E-state index contributed by atoms with van der Waals surface area (Å²) in [7, 11) is 2.17. The van der Waals surface area contributed by atoms with Crippen LogP contribution < -0.4 is 20.9 Å². The molecule has 0 saturated carbocycles. The van der Waals surface area contributed by atoms with Crippen LogP contribution in [0.2, 0.25) is 0 Å². The van der Waals surface area contributed by atoms with E-state index in [1.807, 2.05) is 6.07 Å². The van der Waals surface area contributed by atoms with Crippen molar-refractivity contribution in [2.24, 2.45) is 0 Å². The van der Waals surface area contributed by atoms with E-state index >= 15 is 0 Å². The smallest absolute Gasteiger partial charge is 0.237 e. The number of aromatic nitrogens is 4. The first kappa shape index (κ1) is 26.0. The third-order valence-electron chi connectivity index (χ3n) is 8.33. The molecular weight excluding hydrogens is 512 g/mol. The fourth-order valence-corrected chi connectivity index (χ4v) is 7.44. The predicted molar refractivity (Wildman–Crippen MR) is 152 cm³/mol. The monoisotopic (exact) mass is 548 g/mol. The SMILES string of the molecule is C[C@H]1CN(C)CCCN1c1nc(-c2noc([C@@]3(C)CCCc4sc(N)c(C#N)c43)n2)cc(N2CCNCC2)n1. The molecule has 0 amide bonds. The van der Waals surface area contributed by atoms with Gasteiger partial charge in [0.1, 0.15) is 22.6 Å². The molecule has 3 aromatic heterocycles. The van der Waals surface area contributed by atoms with Gasteiger partial charge in [-0.05, 0) is 53.1 Å². The van der Waals surface area contributed by atoms with E-state index < -0.39 is 5.41 Å². The number of aryl methyl sites for hydroxylation is 1. The molecule has 2 atom stereocenters. The van der Waals surface area contributed by atoms with E-state index in [2.05, 4.69) is 52.1 Å². The van der Waals surface area contributed by atoms with Gasteiger partial charge in [0.15, 0.2) is 0 Å². The average molecular weight is 549 g/mol. The van der Waals surface area contributed by atoms with Crippen LogP contribution >= 0.6 is 11.3 Å². The maximum Gasteiger partial charge on any atom is 0.237 e. The Morgan fingerprint density at radius 2 is 2.00 bits per heavy atom. The van der Waals surface area contributed by atoms with Crippen LogP contribution in [-0.4, -0.2) is 83.9 Å². The summed E-state index contributed by atoms with van der Waals surface area (Å²) in [5.41, 5.74) is 7.80. The number of piperazine rings is 1. The largest absolute Gasteiger partial charge is 0.389 e. The minimum atomic E-state index is -0.570. The number of nitrogen functional groups attached to an aromatic ring is 1. The Labute approximate surface area is 233 Å². The van der Waals surface area contributed by atoms with Crippen LogP contribution in [0.4, 0.5) is 16.8 Å². The summed E-state index contributed by atoms with van der Waals surface area (Å²) in [6.07, 6.45) is 3.74. The van der Waals surface area contributed by atoms with Gasteiger partial charge in [-0.2, -0.15) is 15.2 Å². The third kappa shape index (κ3) is 4.73. The van der Waals surface area contributed by atoms with Crippen molar-refractivity contribution >= 4 is 28.1 Å². The lowest BCUT2D eigenvalue weighted by Crippen LogP contribution is -2.44. The first-order valence-electron chi connectivity index (χ1n) is 13.8. The first-order valence-corrected chi connectivity index (χ1v) is 14.6. The molecule has 3 N–H and O–H groups in total. The van der Waals surface area contributed by atoms with Crippen LogP contribution in [0.25, 0.3) is 11.5 Å². The lowest BCUT2D eigenvalue weighted by molar-refractivity contribution is 0.300. The molecule has 2 aliphatic heterocycles. The summed E-state index contributed by atoms with van der Waals surface area (Å²) in [4.78, 5) is 23.1. The second-order valence-corrected chi connectivity index (χ2v) is 12.3. The summed E-state index contributed by atoms with van der Waals surface area (Å²) >= 11 is 1.50. The van der Waals surface area contributed by atoms with Crippen molar-refractivity contribution in [2.75, 3.05) is 68.4 Å². The molecule has 2 fully saturated rings. The van der Waals surface area contributed by atoms with E-state index in [-0.39, 0.29) is 6.04 Å². The van der Waals surface area contributed by atoms with E-state index in [9.17, 15) is 5.26 Å². The average Bonchev–Trinajstić information content (AvgIpc) is 3.52. The standard InChI is InChI=1S/C27H36N10OS/c1-17-16-35(3)10-5-11-37(17)26-31-19(14-21(32-26)36-12-8-30-9-13-36)24-33-25(38-34-24)27(2)7-4-6-20-22(27)18(15-28)23(29)39-20/h14,17,30H,4-13,16,29H2,1-3H3/t17-,27-/m0/s1. The Morgan fingerprint density at radius 1 is 1.18 bits per heavy atom. The van der Waals surface area contributed by atoms with Gasteiger partial charge in [-0.15, -0.1) is 11.3 Å². The lowest BCUT2D eigenvalue weighted by atomic mass is 9.72. The van der Waals surface area contributed by atoms with Gasteiger partial charge in [-0.1, -0.05) is 5.16 Å². The summed E-state index contributed by atoms with van der Waals surface area (Å²) < 4.78 is 5.94. The van der Waals surface area contributed by atoms with E-state index in [1.165, 1.54) is 11.3 Å². The van der Waals surface area contributed by atoms with E-state index in [1.54, 1.807) is 0 Å². The first-order chi connectivity index (χ1) is 18.9. The van der Waals surface area contributed by atoms with Crippen molar-refractivity contribution in [3.63, 3.8) is 0 Å². The Balaban J connectivity index is 1.41. The number of thiophene rings is 1. The summed E-state index contributed by atoms with van der Waals surface area (Å²) in [6, 6.07) is 4.58. The molecule has 0 radical (unpaired) electrons. The Kier molecular flexibility index (Phi) is 6.91. The van der Waals surface area contributed by atoms with Gasteiger partial charge in [0.25, 0.3) is 0 Å². The number of nitrogens with one attached hydrogen (secondary N) is 1. The summed E-state index contributed by atoms with van der Waals surface area (Å²) in [6.45, 7) is 10.8. The van der Waals surface area contributed by atoms with Gasteiger partial charge in [-0.3, -0.25) is 0 Å². The number of rotatable bonds is 4. The molecule has 1 aliphatic carbocycles. The van der Waals surface area contributed by atoms with Gasteiger partial charge in [0.2, 0.25) is 17.7 Å². The molecule has 2 saturated heterocycles. The van der Waals surface area contributed by atoms with Gasteiger partial charge in [0.05, 0.1) is 11.0 Å². The number of nitrogens with two attached hydrogens (primary N) is 1. The number of fused-ring (bicyclic) bond motifs is 1. The fourth-order valence-electron chi connectivity index (χ4n) is 6.25. The number of hydrogen-bond acceptors (Lipinski definition) is 12. The lowest BCUT2D eigenvalue weighted by Gasteiger charge is -2.31. The maximum atomic E-state index is 9.87. The van der Waals surface area contributed by atoms with Crippen molar-refractivity contribution in [2.45, 2.75) is 51.0 Å². The zero-order valence-corrected chi connectivity index (χ0v) is 23.7. The van der Waals surface area contributed by atoms with Crippen LogP contribution in [0.3, 0.4) is 0 Å². The van der Waals surface area contributed by atoms with E-state index in [4.69, 9.17) is 25.2 Å². The van der Waals surface area contributed by atoms with Crippen molar-refractivity contribution in [1.29, 1.82) is 5.26 Å². The minimum absolute atomic E-state index is 0.275.